The van der Waals surface area contributed by atoms with Gasteiger partial charge in [-0.3, -0.25) is 0 Å². The van der Waals surface area contributed by atoms with E-state index in [1.807, 2.05) is 0 Å². The molecule has 2 amide bonds. The number of hydrogen-bond acceptors (Lipinski definition) is 8. The quantitative estimate of drug-likeness (QED) is 0.214. The maximum absolute atomic E-state index is 14.8. The van der Waals surface area contributed by atoms with Crippen LogP contribution in [-0.4, -0.2) is 75.9 Å². The normalized spacial score (nSPS) is 16.9. The Labute approximate surface area is 248 Å². The van der Waals surface area contributed by atoms with Gasteiger partial charge in [0.05, 0.1) is 37.0 Å². The molecule has 42 heavy (non-hydrogen) atoms. The number of dihydropyridines is 1. The highest BCUT2D eigenvalue weighted by atomic mass is 19.1. The van der Waals surface area contributed by atoms with Gasteiger partial charge in [-0.25, -0.2) is 18.8 Å². The van der Waals surface area contributed by atoms with Crippen LogP contribution in [0, 0.1) is 11.7 Å². The molecule has 4 N–H and O–H groups in total. The van der Waals surface area contributed by atoms with Gasteiger partial charge in [0.2, 0.25) is 0 Å². The van der Waals surface area contributed by atoms with E-state index < -0.39 is 29.7 Å². The summed E-state index contributed by atoms with van der Waals surface area (Å²) in [6, 6.07) is 4.14. The molecule has 0 aliphatic carbocycles. The third-order valence-electron chi connectivity index (χ3n) is 7.82. The van der Waals surface area contributed by atoms with Gasteiger partial charge in [-0.1, -0.05) is 19.9 Å². The van der Waals surface area contributed by atoms with Gasteiger partial charge in [-0.05, 0) is 89.3 Å². The number of urea groups is 1. The first-order valence-corrected chi connectivity index (χ1v) is 14.7. The van der Waals surface area contributed by atoms with E-state index in [0.29, 0.717) is 35.5 Å². The molecule has 232 valence electrons. The number of hydrogen-bond donors (Lipinski definition) is 4. The van der Waals surface area contributed by atoms with Crippen molar-refractivity contribution in [3.05, 3.63) is 52.1 Å². The molecule has 2 heterocycles. The highest BCUT2D eigenvalue weighted by molar-refractivity contribution is 6.00. The van der Waals surface area contributed by atoms with E-state index in [-0.39, 0.29) is 16.8 Å². The van der Waals surface area contributed by atoms with Crippen molar-refractivity contribution in [2.24, 2.45) is 5.92 Å². The molecular formula is C31H46FN5O5. The smallest absolute Gasteiger partial charge is 0.336 e. The molecule has 1 aromatic carbocycles. The zero-order valence-electron chi connectivity index (χ0n) is 25.7. The molecule has 0 radical (unpaired) electrons. The summed E-state index contributed by atoms with van der Waals surface area (Å²) < 4.78 is 24.8. The number of amides is 2. The van der Waals surface area contributed by atoms with E-state index >= 15 is 0 Å². The molecule has 0 bridgehead atoms. The van der Waals surface area contributed by atoms with Crippen LogP contribution in [0.4, 0.5) is 14.9 Å². The van der Waals surface area contributed by atoms with Gasteiger partial charge in [-0.15, -0.1) is 0 Å². The number of esters is 2. The molecule has 1 fully saturated rings. The fourth-order valence-electron chi connectivity index (χ4n) is 5.51. The molecular weight excluding hydrogens is 541 g/mol. The lowest BCUT2D eigenvalue weighted by molar-refractivity contribution is -0.137. The number of rotatable bonds is 12. The van der Waals surface area contributed by atoms with Crippen molar-refractivity contribution in [3.63, 3.8) is 0 Å². The second kappa shape index (κ2) is 15.7. The van der Waals surface area contributed by atoms with Crippen LogP contribution in [-0.2, 0) is 19.1 Å². The third kappa shape index (κ3) is 8.78. The Morgan fingerprint density at radius 2 is 1.64 bits per heavy atom. The summed E-state index contributed by atoms with van der Waals surface area (Å²) in [5, 5.41) is 12.1. The molecule has 0 aromatic heterocycles. The minimum Gasteiger partial charge on any atom is -0.466 e. The number of piperidine rings is 1. The average molecular weight is 588 g/mol. The second-order valence-electron chi connectivity index (χ2n) is 11.3. The minimum absolute atomic E-state index is 0.0701. The van der Waals surface area contributed by atoms with Gasteiger partial charge in [0.15, 0.2) is 0 Å². The van der Waals surface area contributed by atoms with E-state index in [1.54, 1.807) is 13.8 Å². The maximum Gasteiger partial charge on any atom is 0.336 e. The molecule has 0 atom stereocenters. The summed E-state index contributed by atoms with van der Waals surface area (Å²) >= 11 is 0. The molecule has 11 heteroatoms. The van der Waals surface area contributed by atoms with Crippen molar-refractivity contribution >= 4 is 23.7 Å². The predicted molar refractivity (Wildman–Crippen MR) is 160 cm³/mol. The van der Waals surface area contributed by atoms with Crippen LogP contribution in [0.3, 0.4) is 0 Å². The van der Waals surface area contributed by atoms with Crippen LogP contribution in [0.2, 0.25) is 0 Å². The number of halogens is 1. The largest absolute Gasteiger partial charge is 0.466 e. The lowest BCUT2D eigenvalue weighted by Gasteiger charge is -2.32. The fraction of sp³-hybridized carbons (Fsp3) is 0.581. The number of carbonyl (C=O) groups is 3. The van der Waals surface area contributed by atoms with Gasteiger partial charge >= 0.3 is 18.0 Å². The number of methoxy groups -OCH3 is 2. The van der Waals surface area contributed by atoms with Crippen LogP contribution in [0.1, 0.15) is 64.9 Å². The maximum atomic E-state index is 14.8. The Morgan fingerprint density at radius 1 is 1.02 bits per heavy atom. The predicted octanol–water partition coefficient (Wildman–Crippen LogP) is 4.02. The summed E-state index contributed by atoms with van der Waals surface area (Å²) in [5.74, 6) is -2.10. The number of nitrogens with zero attached hydrogens (tertiary/aromatic N) is 1. The van der Waals surface area contributed by atoms with Crippen molar-refractivity contribution in [2.75, 3.05) is 52.3 Å². The molecule has 1 aromatic rings. The summed E-state index contributed by atoms with van der Waals surface area (Å²) in [6.07, 6.45) is 4.21. The van der Waals surface area contributed by atoms with Crippen molar-refractivity contribution < 1.29 is 28.2 Å². The van der Waals surface area contributed by atoms with Crippen molar-refractivity contribution in [1.82, 2.24) is 20.9 Å². The Hall–Kier alpha value is -3.44. The van der Waals surface area contributed by atoms with Gasteiger partial charge in [0, 0.05) is 24.0 Å². The first kappa shape index (κ1) is 33.1. The Bertz CT molecular complexity index is 1150. The van der Waals surface area contributed by atoms with Crippen molar-refractivity contribution in [3.8, 4) is 0 Å². The van der Waals surface area contributed by atoms with Gasteiger partial charge in [0.25, 0.3) is 0 Å². The Morgan fingerprint density at radius 3 is 2.21 bits per heavy atom. The zero-order valence-corrected chi connectivity index (χ0v) is 25.7. The SMILES string of the molecule is COC(=O)C1=C(C)NC(C)=C(C(=O)OC)C1c1ccc(F)c(NC(=O)NCCCN2CCC(NCCC(C)C)CC2)c1. The summed E-state index contributed by atoms with van der Waals surface area (Å²) in [4.78, 5) is 40.5. The summed E-state index contributed by atoms with van der Waals surface area (Å²) in [7, 11) is 2.50. The highest BCUT2D eigenvalue weighted by Crippen LogP contribution is 2.40. The molecule has 0 unspecified atom stereocenters. The van der Waals surface area contributed by atoms with E-state index in [0.717, 1.165) is 45.4 Å². The molecule has 0 spiro atoms. The fourth-order valence-corrected chi connectivity index (χ4v) is 5.51. The van der Waals surface area contributed by atoms with Gasteiger partial charge in [0.1, 0.15) is 5.82 Å². The number of ether oxygens (including phenoxy) is 2. The lowest BCUT2D eigenvalue weighted by Crippen LogP contribution is -2.43. The van der Waals surface area contributed by atoms with Crippen LogP contribution in [0.5, 0.6) is 0 Å². The van der Waals surface area contributed by atoms with Crippen LogP contribution >= 0.6 is 0 Å². The molecule has 2 aliphatic rings. The van der Waals surface area contributed by atoms with Crippen LogP contribution in [0.15, 0.2) is 40.7 Å². The lowest BCUT2D eigenvalue weighted by atomic mass is 9.80. The monoisotopic (exact) mass is 587 g/mol. The standard InChI is InChI=1S/C31H46FN5O5/c1-19(2)10-14-33-23-11-16-37(17-12-23)15-7-13-34-31(40)36-25-18-22(8-9-24(25)32)28-26(29(38)41-5)20(3)35-21(4)27(28)30(39)42-6/h8-9,18-19,23,28,33,35H,7,10-17H2,1-6H3,(H2,34,36,40). The van der Waals surface area contributed by atoms with E-state index in [9.17, 15) is 18.8 Å². The first-order chi connectivity index (χ1) is 20.0. The number of nitrogens with one attached hydrogen (secondary N) is 4. The molecule has 2 aliphatic heterocycles. The topological polar surface area (TPSA) is 121 Å². The molecule has 3 rings (SSSR count). The van der Waals surface area contributed by atoms with E-state index in [4.69, 9.17) is 9.47 Å². The van der Waals surface area contributed by atoms with E-state index in [1.165, 1.54) is 38.8 Å². The van der Waals surface area contributed by atoms with Crippen molar-refractivity contribution in [1.29, 1.82) is 0 Å². The Balaban J connectivity index is 1.59. The number of likely N-dealkylation sites (tertiary alicyclic amines) is 1. The molecule has 1 saturated heterocycles. The molecule has 10 nitrogen and oxygen atoms in total. The summed E-state index contributed by atoms with van der Waals surface area (Å²) in [5.41, 5.74) is 1.75. The molecule has 0 saturated carbocycles. The first-order valence-electron chi connectivity index (χ1n) is 14.7. The van der Waals surface area contributed by atoms with Crippen LogP contribution < -0.4 is 21.3 Å². The highest BCUT2D eigenvalue weighted by Gasteiger charge is 2.38. The van der Waals surface area contributed by atoms with E-state index in [2.05, 4.69) is 40.0 Å². The number of carbonyl (C=O) groups excluding carboxylic acids is 3. The second-order valence-corrected chi connectivity index (χ2v) is 11.3. The minimum atomic E-state index is -0.884. The number of anilines is 1. The average Bonchev–Trinajstić information content (AvgIpc) is 2.96. The number of allylic oxidation sites excluding steroid dienone is 2. The third-order valence-corrected chi connectivity index (χ3v) is 7.82. The van der Waals surface area contributed by atoms with Crippen LogP contribution in [0.25, 0.3) is 0 Å². The summed E-state index contributed by atoms with van der Waals surface area (Å²) in [6.45, 7) is 12.3. The zero-order chi connectivity index (χ0) is 30.8. The Kier molecular flexibility index (Phi) is 12.4. The van der Waals surface area contributed by atoms with Crippen molar-refractivity contribution in [2.45, 2.75) is 65.3 Å². The number of benzene rings is 1. The van der Waals surface area contributed by atoms with Gasteiger partial charge in [-0.2, -0.15) is 0 Å². The van der Waals surface area contributed by atoms with Gasteiger partial charge < -0.3 is 35.6 Å².